The fourth-order valence-corrected chi connectivity index (χ4v) is 3.80. The molecule has 7 nitrogen and oxygen atoms in total. The van der Waals surface area contributed by atoms with Crippen molar-refractivity contribution in [3.05, 3.63) is 75.9 Å². The molecule has 2 aromatic carbocycles. The Bertz CT molecular complexity index is 1010. The second-order valence-corrected chi connectivity index (χ2v) is 8.19. The Labute approximate surface area is 178 Å². The number of nitro groups is 1. The van der Waals surface area contributed by atoms with Gasteiger partial charge in [-0.1, -0.05) is 49.9 Å². The first-order valence-corrected chi connectivity index (χ1v) is 10.5. The van der Waals surface area contributed by atoms with E-state index in [-0.39, 0.29) is 11.4 Å². The van der Waals surface area contributed by atoms with E-state index in [4.69, 9.17) is 4.74 Å². The number of nitro benzene ring substituents is 1. The van der Waals surface area contributed by atoms with E-state index in [9.17, 15) is 14.5 Å². The molecule has 0 saturated heterocycles. The van der Waals surface area contributed by atoms with E-state index in [2.05, 4.69) is 24.0 Å². The molecule has 0 bridgehead atoms. The number of aromatic nitrogens is 3. The number of hydrogen-bond acceptors (Lipinski definition) is 6. The summed E-state index contributed by atoms with van der Waals surface area (Å²) in [6, 6.07) is 12.7. The Balaban J connectivity index is 1.77. The lowest BCUT2D eigenvalue weighted by atomic mass is 10.2. The summed E-state index contributed by atoms with van der Waals surface area (Å²) >= 11 is 1.49. The van der Waals surface area contributed by atoms with Gasteiger partial charge in [0.1, 0.15) is 0 Å². The Morgan fingerprint density at radius 2 is 1.83 bits per heavy atom. The number of rotatable bonds is 9. The highest BCUT2D eigenvalue weighted by atomic mass is 32.2. The number of benzene rings is 2. The van der Waals surface area contributed by atoms with E-state index in [1.165, 1.54) is 30.0 Å². The predicted molar refractivity (Wildman–Crippen MR) is 113 cm³/mol. The van der Waals surface area contributed by atoms with Gasteiger partial charge in [-0.3, -0.25) is 10.1 Å². The fourth-order valence-electron chi connectivity index (χ4n) is 2.89. The first-order valence-electron chi connectivity index (χ1n) is 9.55. The van der Waals surface area contributed by atoms with Crippen LogP contribution in [0.1, 0.15) is 38.3 Å². The first kappa shape index (κ1) is 21.8. The third kappa shape index (κ3) is 5.35. The van der Waals surface area contributed by atoms with Crippen molar-refractivity contribution in [3.8, 4) is 5.75 Å². The van der Waals surface area contributed by atoms with E-state index in [0.29, 0.717) is 24.0 Å². The standard InChI is InChI=1S/C21H23FN4O3S/c1-14(2)12-25-20(15(3)29-19-7-5-4-6-18(19)22)23-24-21(25)30-13-16-8-10-17(11-9-16)26(27)28/h4-11,14-15H,12-13H2,1-3H3. The minimum atomic E-state index is -0.484. The number of ether oxygens (including phenoxy) is 1. The average Bonchev–Trinajstić information content (AvgIpc) is 3.10. The third-order valence-electron chi connectivity index (χ3n) is 4.31. The molecular formula is C21H23FN4O3S. The van der Waals surface area contributed by atoms with Gasteiger partial charge in [0.2, 0.25) is 0 Å². The molecule has 1 unspecified atom stereocenters. The van der Waals surface area contributed by atoms with Crippen LogP contribution in [-0.2, 0) is 12.3 Å². The molecule has 30 heavy (non-hydrogen) atoms. The predicted octanol–water partition coefficient (Wildman–Crippen LogP) is 5.41. The van der Waals surface area contributed by atoms with Crippen molar-refractivity contribution < 1.29 is 14.1 Å². The molecule has 0 saturated carbocycles. The zero-order chi connectivity index (χ0) is 21.7. The largest absolute Gasteiger partial charge is 0.480 e. The Kier molecular flexibility index (Phi) is 7.04. The zero-order valence-electron chi connectivity index (χ0n) is 17.0. The molecule has 0 N–H and O–H groups in total. The van der Waals surface area contributed by atoms with Crippen molar-refractivity contribution in [3.63, 3.8) is 0 Å². The lowest BCUT2D eigenvalue weighted by Gasteiger charge is -2.18. The maximum atomic E-state index is 14.0. The summed E-state index contributed by atoms with van der Waals surface area (Å²) in [5, 5.41) is 20.1. The van der Waals surface area contributed by atoms with Crippen molar-refractivity contribution in [2.45, 2.75) is 44.3 Å². The smallest absolute Gasteiger partial charge is 0.269 e. The van der Waals surface area contributed by atoms with Crippen LogP contribution in [0, 0.1) is 21.8 Å². The molecule has 158 valence electrons. The van der Waals surface area contributed by atoms with Crippen LogP contribution in [-0.4, -0.2) is 19.7 Å². The molecule has 3 rings (SSSR count). The summed E-state index contributed by atoms with van der Waals surface area (Å²) in [5.74, 6) is 1.31. The summed E-state index contributed by atoms with van der Waals surface area (Å²) < 4.78 is 21.7. The molecule has 9 heteroatoms. The van der Waals surface area contributed by atoms with Crippen molar-refractivity contribution in [1.82, 2.24) is 14.8 Å². The first-order chi connectivity index (χ1) is 14.3. The third-order valence-corrected chi connectivity index (χ3v) is 5.35. The quantitative estimate of drug-likeness (QED) is 0.256. The fraction of sp³-hybridized carbons (Fsp3) is 0.333. The van der Waals surface area contributed by atoms with Crippen LogP contribution in [0.4, 0.5) is 10.1 Å². The van der Waals surface area contributed by atoms with E-state index < -0.39 is 16.8 Å². The number of halogens is 1. The normalized spacial score (nSPS) is 12.2. The molecule has 3 aromatic rings. The zero-order valence-corrected chi connectivity index (χ0v) is 17.8. The van der Waals surface area contributed by atoms with Crippen molar-refractivity contribution in [1.29, 1.82) is 0 Å². The second-order valence-electron chi connectivity index (χ2n) is 7.25. The number of thioether (sulfide) groups is 1. The van der Waals surface area contributed by atoms with Crippen LogP contribution in [0.5, 0.6) is 5.75 Å². The minimum absolute atomic E-state index is 0.0631. The minimum Gasteiger partial charge on any atom is -0.480 e. The van der Waals surface area contributed by atoms with E-state index in [1.807, 2.05) is 11.5 Å². The van der Waals surface area contributed by atoms with Gasteiger partial charge in [-0.15, -0.1) is 10.2 Å². The van der Waals surface area contributed by atoms with Gasteiger partial charge in [-0.2, -0.15) is 0 Å². The number of para-hydroxylation sites is 1. The van der Waals surface area contributed by atoms with Crippen LogP contribution in [0.2, 0.25) is 0 Å². The van der Waals surface area contributed by atoms with Gasteiger partial charge >= 0.3 is 0 Å². The van der Waals surface area contributed by atoms with Gasteiger partial charge in [0.25, 0.3) is 5.69 Å². The van der Waals surface area contributed by atoms with Crippen LogP contribution >= 0.6 is 11.8 Å². The maximum Gasteiger partial charge on any atom is 0.269 e. The molecule has 0 aliphatic carbocycles. The summed E-state index contributed by atoms with van der Waals surface area (Å²) in [6.07, 6.45) is -0.484. The molecule has 0 aliphatic heterocycles. The molecule has 0 aliphatic rings. The molecule has 0 amide bonds. The molecule has 1 aromatic heterocycles. The second kappa shape index (κ2) is 9.71. The highest BCUT2D eigenvalue weighted by Crippen LogP contribution is 2.28. The average molecular weight is 431 g/mol. The summed E-state index contributed by atoms with van der Waals surface area (Å²) in [4.78, 5) is 10.4. The summed E-state index contributed by atoms with van der Waals surface area (Å²) in [6.45, 7) is 6.70. The lowest BCUT2D eigenvalue weighted by Crippen LogP contribution is -2.15. The van der Waals surface area contributed by atoms with E-state index in [1.54, 1.807) is 30.3 Å². The number of hydrogen-bond donors (Lipinski definition) is 0. The Morgan fingerprint density at radius 3 is 2.47 bits per heavy atom. The van der Waals surface area contributed by atoms with Gasteiger partial charge < -0.3 is 9.30 Å². The SMILES string of the molecule is CC(C)Cn1c(SCc2ccc([N+](=O)[O-])cc2)nnc1C(C)Oc1ccccc1F. The molecular weight excluding hydrogens is 407 g/mol. The van der Waals surface area contributed by atoms with E-state index in [0.717, 1.165) is 10.7 Å². The van der Waals surface area contributed by atoms with Crippen molar-refractivity contribution >= 4 is 17.4 Å². The van der Waals surface area contributed by atoms with E-state index >= 15 is 0 Å². The van der Waals surface area contributed by atoms with Crippen molar-refractivity contribution in [2.24, 2.45) is 5.92 Å². The Hall–Kier alpha value is -2.94. The highest BCUT2D eigenvalue weighted by Gasteiger charge is 2.21. The van der Waals surface area contributed by atoms with Crippen LogP contribution in [0.15, 0.2) is 53.7 Å². The van der Waals surface area contributed by atoms with Crippen LogP contribution in [0.3, 0.4) is 0 Å². The number of non-ortho nitro benzene ring substituents is 1. The monoisotopic (exact) mass is 430 g/mol. The molecule has 0 radical (unpaired) electrons. The highest BCUT2D eigenvalue weighted by molar-refractivity contribution is 7.98. The van der Waals surface area contributed by atoms with Gasteiger partial charge in [-0.25, -0.2) is 4.39 Å². The summed E-state index contributed by atoms with van der Waals surface area (Å²) in [5.41, 5.74) is 1.01. The topological polar surface area (TPSA) is 83.1 Å². The van der Waals surface area contributed by atoms with Crippen LogP contribution in [0.25, 0.3) is 0 Å². The molecule has 1 heterocycles. The lowest BCUT2D eigenvalue weighted by molar-refractivity contribution is -0.384. The number of nitrogens with zero attached hydrogens (tertiary/aromatic N) is 4. The molecule has 1 atom stereocenters. The van der Waals surface area contributed by atoms with Crippen molar-refractivity contribution in [2.75, 3.05) is 0 Å². The maximum absolute atomic E-state index is 14.0. The van der Waals surface area contributed by atoms with Gasteiger partial charge in [-0.05, 0) is 30.5 Å². The van der Waals surface area contributed by atoms with Gasteiger partial charge in [0.05, 0.1) is 4.92 Å². The Morgan fingerprint density at radius 1 is 1.13 bits per heavy atom. The molecule has 0 spiro atoms. The van der Waals surface area contributed by atoms with Gasteiger partial charge in [0.15, 0.2) is 28.7 Å². The van der Waals surface area contributed by atoms with Crippen LogP contribution < -0.4 is 4.74 Å². The molecule has 0 fully saturated rings. The summed E-state index contributed by atoms with van der Waals surface area (Å²) in [7, 11) is 0. The van der Waals surface area contributed by atoms with Gasteiger partial charge in [0, 0.05) is 24.4 Å².